The molecule has 0 amide bonds. The van der Waals surface area contributed by atoms with Crippen LogP contribution in [-0.2, 0) is 12.8 Å². The number of alkyl halides is 1. The van der Waals surface area contributed by atoms with Crippen LogP contribution >= 0.6 is 11.6 Å². The van der Waals surface area contributed by atoms with Gasteiger partial charge < -0.3 is 10.1 Å². The third-order valence-electron chi connectivity index (χ3n) is 4.26. The number of halogens is 1. The maximum atomic E-state index is 6.36. The second-order valence-corrected chi connectivity index (χ2v) is 6.21. The zero-order valence-electron chi connectivity index (χ0n) is 11.3. The van der Waals surface area contributed by atoms with Crippen molar-refractivity contribution in [2.24, 2.45) is 0 Å². The van der Waals surface area contributed by atoms with Crippen LogP contribution < -0.4 is 10.1 Å². The van der Waals surface area contributed by atoms with E-state index in [-0.39, 0.29) is 0 Å². The molecule has 1 fully saturated rings. The molecule has 0 bridgehead atoms. The lowest BCUT2D eigenvalue weighted by Crippen LogP contribution is -2.40. The summed E-state index contributed by atoms with van der Waals surface area (Å²) in [5.41, 5.74) is 2.77. The highest BCUT2D eigenvalue weighted by Crippen LogP contribution is 2.26. The summed E-state index contributed by atoms with van der Waals surface area (Å²) in [5, 5.41) is 3.95. The Bertz CT molecular complexity index is 435. The molecule has 2 nitrogen and oxygen atoms in total. The molecule has 19 heavy (non-hydrogen) atoms. The quantitative estimate of drug-likeness (QED) is 0.854. The standard InChI is InChI=1S/C16H22ClNO/c17-14-3-1-2-4-15(14)18-9-7-12-5-6-16-13(11-12)8-10-19-16/h5-6,11,14-15,18H,1-4,7-10H2. The number of hydrogen-bond donors (Lipinski definition) is 1. The second kappa shape index (κ2) is 6.15. The Hall–Kier alpha value is -0.730. The normalized spacial score (nSPS) is 25.9. The molecule has 0 saturated heterocycles. The minimum absolute atomic E-state index is 0.321. The average Bonchev–Trinajstić information content (AvgIpc) is 2.88. The van der Waals surface area contributed by atoms with Crippen molar-refractivity contribution in [1.29, 1.82) is 0 Å². The van der Waals surface area contributed by atoms with Crippen LogP contribution in [0.2, 0.25) is 0 Å². The Labute approximate surface area is 120 Å². The van der Waals surface area contributed by atoms with Crippen molar-refractivity contribution in [2.75, 3.05) is 13.2 Å². The maximum absolute atomic E-state index is 6.36. The first-order chi connectivity index (χ1) is 9.33. The fourth-order valence-electron chi connectivity index (χ4n) is 3.11. The number of benzene rings is 1. The number of fused-ring (bicyclic) bond motifs is 1. The van der Waals surface area contributed by atoms with Crippen LogP contribution in [0.3, 0.4) is 0 Å². The van der Waals surface area contributed by atoms with Crippen LogP contribution in [-0.4, -0.2) is 24.6 Å². The molecule has 3 heteroatoms. The second-order valence-electron chi connectivity index (χ2n) is 5.65. The van der Waals surface area contributed by atoms with E-state index in [2.05, 4.69) is 23.5 Å². The summed E-state index contributed by atoms with van der Waals surface area (Å²) in [6, 6.07) is 7.10. The van der Waals surface area contributed by atoms with Gasteiger partial charge in [-0.05, 0) is 43.0 Å². The van der Waals surface area contributed by atoms with Gasteiger partial charge in [0.25, 0.3) is 0 Å². The summed E-state index contributed by atoms with van der Waals surface area (Å²) >= 11 is 6.36. The minimum Gasteiger partial charge on any atom is -0.493 e. The topological polar surface area (TPSA) is 21.3 Å². The molecule has 0 aromatic heterocycles. The van der Waals surface area contributed by atoms with Crippen LogP contribution in [0.1, 0.15) is 36.8 Å². The molecule has 1 N–H and O–H groups in total. The summed E-state index contributed by atoms with van der Waals surface area (Å²) in [6.07, 6.45) is 7.13. The monoisotopic (exact) mass is 279 g/mol. The van der Waals surface area contributed by atoms with E-state index in [4.69, 9.17) is 16.3 Å². The first kappa shape index (κ1) is 13.3. The summed E-state index contributed by atoms with van der Waals surface area (Å²) < 4.78 is 5.53. The van der Waals surface area contributed by atoms with Gasteiger partial charge in [-0.1, -0.05) is 25.0 Å². The van der Waals surface area contributed by atoms with Crippen molar-refractivity contribution >= 4 is 11.6 Å². The first-order valence-corrected chi connectivity index (χ1v) is 7.88. The molecule has 2 atom stereocenters. The number of hydrogen-bond acceptors (Lipinski definition) is 2. The summed E-state index contributed by atoms with van der Waals surface area (Å²) in [7, 11) is 0. The lowest BCUT2D eigenvalue weighted by molar-refractivity contribution is 0.357. The molecular formula is C16H22ClNO. The van der Waals surface area contributed by atoms with Crippen molar-refractivity contribution in [3.05, 3.63) is 29.3 Å². The van der Waals surface area contributed by atoms with Gasteiger partial charge in [-0.25, -0.2) is 0 Å². The van der Waals surface area contributed by atoms with Gasteiger partial charge in [-0.2, -0.15) is 0 Å². The average molecular weight is 280 g/mol. The zero-order chi connectivity index (χ0) is 13.1. The van der Waals surface area contributed by atoms with Gasteiger partial charge in [0.15, 0.2) is 0 Å². The van der Waals surface area contributed by atoms with E-state index in [0.717, 1.165) is 38.2 Å². The van der Waals surface area contributed by atoms with Crippen molar-refractivity contribution in [2.45, 2.75) is 49.9 Å². The molecule has 0 spiro atoms. The van der Waals surface area contributed by atoms with E-state index in [9.17, 15) is 0 Å². The molecule has 104 valence electrons. The molecule has 1 aromatic rings. The van der Waals surface area contributed by atoms with Gasteiger partial charge in [0, 0.05) is 17.8 Å². The molecule has 1 saturated carbocycles. The van der Waals surface area contributed by atoms with Crippen LogP contribution in [0.25, 0.3) is 0 Å². The molecule has 2 unspecified atom stereocenters. The fraction of sp³-hybridized carbons (Fsp3) is 0.625. The van der Waals surface area contributed by atoms with Crippen molar-refractivity contribution in [3.8, 4) is 5.75 Å². The summed E-state index contributed by atoms with van der Waals surface area (Å²) in [5.74, 6) is 1.07. The van der Waals surface area contributed by atoms with Crippen LogP contribution in [0, 0.1) is 0 Å². The minimum atomic E-state index is 0.321. The predicted octanol–water partition coefficient (Wildman–Crippen LogP) is 3.30. The van der Waals surface area contributed by atoms with Crippen LogP contribution in [0.15, 0.2) is 18.2 Å². The molecule has 1 aliphatic carbocycles. The van der Waals surface area contributed by atoms with Gasteiger partial charge in [0.2, 0.25) is 0 Å². The molecule has 1 heterocycles. The van der Waals surface area contributed by atoms with E-state index >= 15 is 0 Å². The van der Waals surface area contributed by atoms with E-state index in [1.54, 1.807) is 0 Å². The van der Waals surface area contributed by atoms with Crippen molar-refractivity contribution in [1.82, 2.24) is 5.32 Å². The Morgan fingerprint density at radius 3 is 3.05 bits per heavy atom. The number of nitrogens with one attached hydrogen (secondary N) is 1. The van der Waals surface area contributed by atoms with Crippen LogP contribution in [0.4, 0.5) is 0 Å². The smallest absolute Gasteiger partial charge is 0.122 e. The Kier molecular flexibility index (Phi) is 4.29. The SMILES string of the molecule is ClC1CCCCC1NCCc1ccc2c(c1)CCO2. The Balaban J connectivity index is 1.49. The third-order valence-corrected chi connectivity index (χ3v) is 4.78. The molecule has 2 aliphatic rings. The number of ether oxygens (including phenoxy) is 1. The lowest BCUT2D eigenvalue weighted by atomic mass is 9.95. The van der Waals surface area contributed by atoms with Crippen molar-refractivity contribution < 1.29 is 4.74 Å². The van der Waals surface area contributed by atoms with E-state index in [1.165, 1.54) is 30.4 Å². The highest BCUT2D eigenvalue weighted by molar-refractivity contribution is 6.21. The predicted molar refractivity (Wildman–Crippen MR) is 79.2 cm³/mol. The van der Waals surface area contributed by atoms with Crippen LogP contribution in [0.5, 0.6) is 5.75 Å². The molecule has 1 aliphatic heterocycles. The Morgan fingerprint density at radius 2 is 2.16 bits per heavy atom. The molecule has 1 aromatic carbocycles. The van der Waals surface area contributed by atoms with Gasteiger partial charge in [0.1, 0.15) is 5.75 Å². The highest BCUT2D eigenvalue weighted by Gasteiger charge is 2.22. The van der Waals surface area contributed by atoms with E-state index in [1.807, 2.05) is 0 Å². The summed E-state index contributed by atoms with van der Waals surface area (Å²) in [4.78, 5) is 0. The van der Waals surface area contributed by atoms with Gasteiger partial charge >= 0.3 is 0 Å². The third kappa shape index (κ3) is 3.24. The zero-order valence-corrected chi connectivity index (χ0v) is 12.1. The van der Waals surface area contributed by atoms with E-state index in [0.29, 0.717) is 11.4 Å². The van der Waals surface area contributed by atoms with Gasteiger partial charge in [0.05, 0.1) is 6.61 Å². The van der Waals surface area contributed by atoms with Crippen molar-refractivity contribution in [3.63, 3.8) is 0 Å². The maximum Gasteiger partial charge on any atom is 0.122 e. The van der Waals surface area contributed by atoms with E-state index < -0.39 is 0 Å². The largest absolute Gasteiger partial charge is 0.493 e. The lowest BCUT2D eigenvalue weighted by Gasteiger charge is -2.28. The number of rotatable bonds is 4. The fourth-order valence-corrected chi connectivity index (χ4v) is 3.48. The molecular weight excluding hydrogens is 258 g/mol. The van der Waals surface area contributed by atoms with Gasteiger partial charge in [-0.3, -0.25) is 0 Å². The molecule has 3 rings (SSSR count). The molecule has 0 radical (unpaired) electrons. The Morgan fingerprint density at radius 1 is 1.26 bits per heavy atom. The summed E-state index contributed by atoms with van der Waals surface area (Å²) in [6.45, 7) is 1.86. The first-order valence-electron chi connectivity index (χ1n) is 7.45. The van der Waals surface area contributed by atoms with Gasteiger partial charge in [-0.15, -0.1) is 11.6 Å². The highest BCUT2D eigenvalue weighted by atomic mass is 35.5.